The third-order valence-electron chi connectivity index (χ3n) is 2.79. The van der Waals surface area contributed by atoms with Crippen molar-refractivity contribution in [2.45, 2.75) is 46.0 Å². The van der Waals surface area contributed by atoms with Crippen LogP contribution in [0.1, 0.15) is 51.5 Å². The van der Waals surface area contributed by atoms with Crippen molar-refractivity contribution in [3.63, 3.8) is 0 Å². The molecule has 0 atom stereocenters. The summed E-state index contributed by atoms with van der Waals surface area (Å²) in [7, 11) is 0. The highest BCUT2D eigenvalue weighted by atomic mass is 16.5. The van der Waals surface area contributed by atoms with E-state index in [1.165, 1.54) is 5.56 Å². The Morgan fingerprint density at radius 2 is 2.12 bits per heavy atom. The van der Waals surface area contributed by atoms with Crippen LogP contribution in [0.4, 0.5) is 0 Å². The monoisotopic (exact) mass is 234 g/mol. The van der Waals surface area contributed by atoms with Crippen molar-refractivity contribution in [2.75, 3.05) is 6.61 Å². The molecule has 0 amide bonds. The largest absolute Gasteiger partial charge is 0.494 e. The number of carbonyl (C=O) groups is 1. The highest BCUT2D eigenvalue weighted by Gasteiger charge is 2.02. The van der Waals surface area contributed by atoms with E-state index in [-0.39, 0.29) is 0 Å². The van der Waals surface area contributed by atoms with Gasteiger partial charge in [-0.05, 0) is 30.0 Å². The first-order valence-electron chi connectivity index (χ1n) is 6.38. The van der Waals surface area contributed by atoms with E-state index in [1.54, 1.807) is 0 Å². The molecule has 0 bridgehead atoms. The summed E-state index contributed by atoms with van der Waals surface area (Å²) < 4.78 is 5.64. The van der Waals surface area contributed by atoms with Crippen LogP contribution in [0.2, 0.25) is 0 Å². The summed E-state index contributed by atoms with van der Waals surface area (Å²) in [5.41, 5.74) is 1.28. The Labute approximate surface area is 104 Å². The standard InChI is InChI=1S/C15H22O2/c1-4-14(16)8-6-10-17-15-9-5-7-13(11-15)12(2)3/h5,7,9,11-12H,4,6,8,10H2,1-3H3. The van der Waals surface area contributed by atoms with Crippen molar-refractivity contribution in [2.24, 2.45) is 0 Å². The molecule has 1 aromatic rings. The molecule has 0 heterocycles. The van der Waals surface area contributed by atoms with Crippen LogP contribution < -0.4 is 4.74 Å². The molecule has 2 heteroatoms. The Balaban J connectivity index is 2.36. The molecular formula is C15H22O2. The van der Waals surface area contributed by atoms with Crippen molar-refractivity contribution in [3.05, 3.63) is 29.8 Å². The summed E-state index contributed by atoms with van der Waals surface area (Å²) in [6.07, 6.45) is 2.06. The summed E-state index contributed by atoms with van der Waals surface area (Å²) in [6, 6.07) is 8.17. The average molecular weight is 234 g/mol. The Kier molecular flexibility index (Phi) is 5.75. The maximum atomic E-state index is 11.1. The Morgan fingerprint density at radius 3 is 2.76 bits per heavy atom. The van der Waals surface area contributed by atoms with E-state index in [4.69, 9.17) is 4.74 Å². The van der Waals surface area contributed by atoms with E-state index in [2.05, 4.69) is 26.0 Å². The zero-order valence-corrected chi connectivity index (χ0v) is 11.0. The predicted octanol–water partition coefficient (Wildman–Crippen LogP) is 3.95. The van der Waals surface area contributed by atoms with Crippen LogP contribution in [-0.4, -0.2) is 12.4 Å². The van der Waals surface area contributed by atoms with Crippen molar-refractivity contribution < 1.29 is 9.53 Å². The van der Waals surface area contributed by atoms with Gasteiger partial charge in [0.25, 0.3) is 0 Å². The van der Waals surface area contributed by atoms with Gasteiger partial charge in [-0.25, -0.2) is 0 Å². The fourth-order valence-corrected chi connectivity index (χ4v) is 1.60. The Morgan fingerprint density at radius 1 is 1.35 bits per heavy atom. The Hall–Kier alpha value is -1.31. The number of hydrogen-bond acceptors (Lipinski definition) is 2. The SMILES string of the molecule is CCC(=O)CCCOc1cccc(C(C)C)c1. The van der Waals surface area contributed by atoms with Gasteiger partial charge >= 0.3 is 0 Å². The summed E-state index contributed by atoms with van der Waals surface area (Å²) in [5.74, 6) is 1.73. The third kappa shape index (κ3) is 5.03. The molecule has 2 nitrogen and oxygen atoms in total. The maximum Gasteiger partial charge on any atom is 0.132 e. The third-order valence-corrected chi connectivity index (χ3v) is 2.79. The molecule has 1 aromatic carbocycles. The quantitative estimate of drug-likeness (QED) is 0.668. The molecule has 0 saturated carbocycles. The second-order valence-corrected chi connectivity index (χ2v) is 4.57. The van der Waals surface area contributed by atoms with Crippen LogP contribution in [-0.2, 0) is 4.79 Å². The highest BCUT2D eigenvalue weighted by Crippen LogP contribution is 2.20. The van der Waals surface area contributed by atoms with E-state index in [9.17, 15) is 4.79 Å². The molecule has 0 unspecified atom stereocenters. The number of hydrogen-bond donors (Lipinski definition) is 0. The molecule has 0 radical (unpaired) electrons. The molecule has 1 rings (SSSR count). The molecule has 0 aromatic heterocycles. The molecule has 0 aliphatic rings. The molecule has 0 fully saturated rings. The lowest BCUT2D eigenvalue weighted by Gasteiger charge is -2.09. The van der Waals surface area contributed by atoms with Gasteiger partial charge in [0.2, 0.25) is 0 Å². The van der Waals surface area contributed by atoms with Crippen LogP contribution in [0.15, 0.2) is 24.3 Å². The average Bonchev–Trinajstić information content (AvgIpc) is 2.34. The molecular weight excluding hydrogens is 212 g/mol. The minimum absolute atomic E-state index is 0.310. The zero-order valence-electron chi connectivity index (χ0n) is 11.0. The van der Waals surface area contributed by atoms with Gasteiger partial charge in [-0.1, -0.05) is 32.9 Å². The fraction of sp³-hybridized carbons (Fsp3) is 0.533. The summed E-state index contributed by atoms with van der Waals surface area (Å²) in [4.78, 5) is 11.1. The minimum Gasteiger partial charge on any atom is -0.494 e. The van der Waals surface area contributed by atoms with Crippen LogP contribution >= 0.6 is 0 Å². The molecule has 0 aliphatic heterocycles. The van der Waals surface area contributed by atoms with Crippen molar-refractivity contribution >= 4 is 5.78 Å². The van der Waals surface area contributed by atoms with E-state index in [0.717, 1.165) is 12.2 Å². The first-order chi connectivity index (χ1) is 8.13. The smallest absolute Gasteiger partial charge is 0.132 e. The number of ketones is 1. The second kappa shape index (κ2) is 7.10. The number of benzene rings is 1. The maximum absolute atomic E-state index is 11.1. The van der Waals surface area contributed by atoms with E-state index in [0.29, 0.717) is 31.1 Å². The van der Waals surface area contributed by atoms with Gasteiger partial charge in [0.1, 0.15) is 11.5 Å². The second-order valence-electron chi connectivity index (χ2n) is 4.57. The summed E-state index contributed by atoms with van der Waals surface area (Å²) in [5, 5.41) is 0. The summed E-state index contributed by atoms with van der Waals surface area (Å²) in [6.45, 7) is 6.85. The van der Waals surface area contributed by atoms with Crippen molar-refractivity contribution in [1.82, 2.24) is 0 Å². The van der Waals surface area contributed by atoms with E-state index >= 15 is 0 Å². The van der Waals surface area contributed by atoms with Gasteiger partial charge in [0.15, 0.2) is 0 Å². The van der Waals surface area contributed by atoms with Gasteiger partial charge < -0.3 is 4.74 Å². The first kappa shape index (κ1) is 13.8. The normalized spacial score (nSPS) is 10.6. The lowest BCUT2D eigenvalue weighted by atomic mass is 10.0. The van der Waals surface area contributed by atoms with Gasteiger partial charge in [-0.15, -0.1) is 0 Å². The lowest BCUT2D eigenvalue weighted by Crippen LogP contribution is -2.02. The van der Waals surface area contributed by atoms with Crippen LogP contribution in [0.25, 0.3) is 0 Å². The van der Waals surface area contributed by atoms with Gasteiger partial charge in [0, 0.05) is 12.8 Å². The summed E-state index contributed by atoms with van der Waals surface area (Å²) >= 11 is 0. The number of Topliss-reactive ketones (excluding diaryl/α,β-unsaturated/α-hetero) is 1. The predicted molar refractivity (Wildman–Crippen MR) is 70.6 cm³/mol. The lowest BCUT2D eigenvalue weighted by molar-refractivity contribution is -0.118. The number of carbonyl (C=O) groups excluding carboxylic acids is 1. The van der Waals surface area contributed by atoms with E-state index < -0.39 is 0 Å². The molecule has 94 valence electrons. The van der Waals surface area contributed by atoms with Gasteiger partial charge in [-0.2, -0.15) is 0 Å². The number of ether oxygens (including phenoxy) is 1. The highest BCUT2D eigenvalue weighted by molar-refractivity contribution is 5.77. The molecule has 17 heavy (non-hydrogen) atoms. The molecule has 0 N–H and O–H groups in total. The first-order valence-corrected chi connectivity index (χ1v) is 6.38. The topological polar surface area (TPSA) is 26.3 Å². The minimum atomic E-state index is 0.310. The molecule has 0 saturated heterocycles. The molecule has 0 spiro atoms. The van der Waals surface area contributed by atoms with Gasteiger partial charge in [-0.3, -0.25) is 4.79 Å². The van der Waals surface area contributed by atoms with E-state index in [1.807, 2.05) is 19.1 Å². The van der Waals surface area contributed by atoms with Crippen LogP contribution in [0.3, 0.4) is 0 Å². The fourth-order valence-electron chi connectivity index (χ4n) is 1.60. The van der Waals surface area contributed by atoms with Crippen molar-refractivity contribution in [3.8, 4) is 5.75 Å². The van der Waals surface area contributed by atoms with Crippen LogP contribution in [0.5, 0.6) is 5.75 Å². The Bertz CT molecular complexity index is 356. The van der Waals surface area contributed by atoms with Crippen molar-refractivity contribution in [1.29, 1.82) is 0 Å². The van der Waals surface area contributed by atoms with Crippen LogP contribution in [0, 0.1) is 0 Å². The number of rotatable bonds is 7. The van der Waals surface area contributed by atoms with Gasteiger partial charge in [0.05, 0.1) is 6.61 Å². The zero-order chi connectivity index (χ0) is 12.7. The molecule has 0 aliphatic carbocycles.